The molecule has 0 aromatic rings. The molecular formula is C15H30N2. The average Bonchev–Trinajstić information content (AvgIpc) is 2.72. The van der Waals surface area contributed by atoms with Gasteiger partial charge >= 0.3 is 0 Å². The van der Waals surface area contributed by atoms with Crippen molar-refractivity contribution in [2.75, 3.05) is 6.54 Å². The minimum atomic E-state index is 0.577. The maximum absolute atomic E-state index is 6.00. The summed E-state index contributed by atoms with van der Waals surface area (Å²) in [6.45, 7) is 5.60. The first-order valence-electron chi connectivity index (χ1n) is 7.65. The SMILES string of the molecule is CC1CCC(NC(CN)C2CCCC(C)C2)C1. The first-order chi connectivity index (χ1) is 8.19. The molecule has 0 spiro atoms. The minimum absolute atomic E-state index is 0.577. The lowest BCUT2D eigenvalue weighted by atomic mass is 9.78. The molecule has 0 heterocycles. The van der Waals surface area contributed by atoms with Crippen molar-refractivity contribution in [1.82, 2.24) is 5.32 Å². The van der Waals surface area contributed by atoms with Gasteiger partial charge < -0.3 is 11.1 Å². The van der Waals surface area contributed by atoms with Gasteiger partial charge in [0, 0.05) is 18.6 Å². The lowest BCUT2D eigenvalue weighted by Gasteiger charge is -2.35. The average molecular weight is 238 g/mol. The van der Waals surface area contributed by atoms with Gasteiger partial charge in [0.15, 0.2) is 0 Å². The number of nitrogens with one attached hydrogen (secondary N) is 1. The Labute approximate surface area is 107 Å². The third-order valence-electron chi connectivity index (χ3n) is 4.94. The topological polar surface area (TPSA) is 38.0 Å². The quantitative estimate of drug-likeness (QED) is 0.790. The van der Waals surface area contributed by atoms with Crippen molar-refractivity contribution in [2.24, 2.45) is 23.5 Å². The monoisotopic (exact) mass is 238 g/mol. The molecule has 2 saturated carbocycles. The van der Waals surface area contributed by atoms with Crippen LogP contribution in [0.5, 0.6) is 0 Å². The molecule has 2 aliphatic rings. The van der Waals surface area contributed by atoms with E-state index in [4.69, 9.17) is 5.73 Å². The lowest BCUT2D eigenvalue weighted by molar-refractivity contribution is 0.213. The van der Waals surface area contributed by atoms with Gasteiger partial charge in [-0.1, -0.05) is 26.7 Å². The maximum atomic E-state index is 6.00. The Balaban J connectivity index is 1.83. The Morgan fingerprint density at radius 1 is 1.06 bits per heavy atom. The predicted molar refractivity (Wildman–Crippen MR) is 73.9 cm³/mol. The molecule has 0 bridgehead atoms. The molecular weight excluding hydrogens is 208 g/mol. The van der Waals surface area contributed by atoms with Gasteiger partial charge in [-0.3, -0.25) is 0 Å². The van der Waals surface area contributed by atoms with Gasteiger partial charge in [0.2, 0.25) is 0 Å². The highest BCUT2D eigenvalue weighted by molar-refractivity contribution is 4.87. The van der Waals surface area contributed by atoms with Gasteiger partial charge in [0.25, 0.3) is 0 Å². The maximum Gasteiger partial charge on any atom is 0.0221 e. The summed E-state index contributed by atoms with van der Waals surface area (Å²) >= 11 is 0. The highest BCUT2D eigenvalue weighted by atomic mass is 15.0. The Hall–Kier alpha value is -0.0800. The standard InChI is InChI=1S/C15H30N2/c1-11-4-3-5-13(8-11)15(10-16)17-14-7-6-12(2)9-14/h11-15,17H,3-10,16H2,1-2H3. The summed E-state index contributed by atoms with van der Waals surface area (Å²) < 4.78 is 0. The fourth-order valence-electron chi connectivity index (χ4n) is 3.90. The summed E-state index contributed by atoms with van der Waals surface area (Å²) in [6.07, 6.45) is 9.73. The van der Waals surface area contributed by atoms with Crippen LogP contribution in [0.15, 0.2) is 0 Å². The number of hydrogen-bond acceptors (Lipinski definition) is 2. The van der Waals surface area contributed by atoms with E-state index in [0.717, 1.165) is 30.3 Å². The molecule has 2 nitrogen and oxygen atoms in total. The molecule has 2 fully saturated rings. The van der Waals surface area contributed by atoms with Crippen LogP contribution in [0.1, 0.15) is 58.8 Å². The van der Waals surface area contributed by atoms with Crippen LogP contribution in [0.4, 0.5) is 0 Å². The second-order valence-corrected chi connectivity index (χ2v) is 6.66. The second kappa shape index (κ2) is 6.19. The number of hydrogen-bond donors (Lipinski definition) is 2. The summed E-state index contributed by atoms with van der Waals surface area (Å²) in [6, 6.07) is 1.32. The Bertz CT molecular complexity index is 229. The third kappa shape index (κ3) is 3.69. The molecule has 0 radical (unpaired) electrons. The first-order valence-corrected chi connectivity index (χ1v) is 7.65. The molecule has 2 heteroatoms. The van der Waals surface area contributed by atoms with E-state index >= 15 is 0 Å². The van der Waals surface area contributed by atoms with Gasteiger partial charge in [0.05, 0.1) is 0 Å². The molecule has 3 N–H and O–H groups in total. The highest BCUT2D eigenvalue weighted by Gasteiger charge is 2.29. The zero-order valence-corrected chi connectivity index (χ0v) is 11.6. The van der Waals surface area contributed by atoms with E-state index in [9.17, 15) is 0 Å². The molecule has 5 unspecified atom stereocenters. The minimum Gasteiger partial charge on any atom is -0.329 e. The molecule has 2 rings (SSSR count). The zero-order valence-electron chi connectivity index (χ0n) is 11.6. The second-order valence-electron chi connectivity index (χ2n) is 6.66. The van der Waals surface area contributed by atoms with Crippen LogP contribution >= 0.6 is 0 Å². The summed E-state index contributed by atoms with van der Waals surface area (Å²) in [5.41, 5.74) is 6.00. The van der Waals surface area contributed by atoms with E-state index in [1.54, 1.807) is 0 Å². The van der Waals surface area contributed by atoms with Crippen molar-refractivity contribution in [3.05, 3.63) is 0 Å². The van der Waals surface area contributed by atoms with Gasteiger partial charge in [0.1, 0.15) is 0 Å². The largest absolute Gasteiger partial charge is 0.329 e. The molecule has 0 amide bonds. The molecule has 0 aromatic carbocycles. The lowest BCUT2D eigenvalue weighted by Crippen LogP contribution is -2.47. The van der Waals surface area contributed by atoms with Gasteiger partial charge in [-0.15, -0.1) is 0 Å². The zero-order chi connectivity index (χ0) is 12.3. The predicted octanol–water partition coefficient (Wildman–Crippen LogP) is 2.92. The normalized spacial score (nSPS) is 40.4. The smallest absolute Gasteiger partial charge is 0.0221 e. The summed E-state index contributed by atoms with van der Waals surface area (Å²) in [7, 11) is 0. The van der Waals surface area contributed by atoms with E-state index in [-0.39, 0.29) is 0 Å². The van der Waals surface area contributed by atoms with Crippen LogP contribution in [0.3, 0.4) is 0 Å². The Morgan fingerprint density at radius 2 is 1.82 bits per heavy atom. The van der Waals surface area contributed by atoms with Crippen molar-refractivity contribution in [3.8, 4) is 0 Å². The van der Waals surface area contributed by atoms with Crippen LogP contribution in [0.2, 0.25) is 0 Å². The number of rotatable bonds is 4. The number of nitrogens with two attached hydrogens (primary N) is 1. The Kier molecular flexibility index (Phi) is 4.87. The Morgan fingerprint density at radius 3 is 2.41 bits per heavy atom. The van der Waals surface area contributed by atoms with E-state index in [1.807, 2.05) is 0 Å². The summed E-state index contributed by atoms with van der Waals surface area (Å²) in [5.74, 6) is 2.66. The van der Waals surface area contributed by atoms with Gasteiger partial charge in [-0.2, -0.15) is 0 Å². The first kappa shape index (κ1) is 13.4. The summed E-state index contributed by atoms with van der Waals surface area (Å²) in [4.78, 5) is 0. The van der Waals surface area contributed by atoms with E-state index in [2.05, 4.69) is 19.2 Å². The highest BCUT2D eigenvalue weighted by Crippen LogP contribution is 2.32. The fourth-order valence-corrected chi connectivity index (χ4v) is 3.90. The molecule has 0 saturated heterocycles. The molecule has 2 aliphatic carbocycles. The molecule has 0 aliphatic heterocycles. The van der Waals surface area contributed by atoms with Gasteiger partial charge in [-0.05, 0) is 49.9 Å². The van der Waals surface area contributed by atoms with E-state index in [0.29, 0.717) is 6.04 Å². The fraction of sp³-hybridized carbons (Fsp3) is 1.00. The van der Waals surface area contributed by atoms with E-state index in [1.165, 1.54) is 44.9 Å². The van der Waals surface area contributed by atoms with Crippen molar-refractivity contribution < 1.29 is 0 Å². The van der Waals surface area contributed by atoms with Crippen molar-refractivity contribution in [2.45, 2.75) is 70.9 Å². The van der Waals surface area contributed by atoms with Crippen molar-refractivity contribution >= 4 is 0 Å². The molecule has 0 aromatic heterocycles. The van der Waals surface area contributed by atoms with Crippen LogP contribution in [0, 0.1) is 17.8 Å². The van der Waals surface area contributed by atoms with E-state index < -0.39 is 0 Å². The van der Waals surface area contributed by atoms with Crippen molar-refractivity contribution in [1.29, 1.82) is 0 Å². The van der Waals surface area contributed by atoms with Crippen LogP contribution < -0.4 is 11.1 Å². The van der Waals surface area contributed by atoms with Gasteiger partial charge in [-0.25, -0.2) is 0 Å². The molecule has 17 heavy (non-hydrogen) atoms. The van der Waals surface area contributed by atoms with Crippen LogP contribution in [0.25, 0.3) is 0 Å². The summed E-state index contributed by atoms with van der Waals surface area (Å²) in [5, 5.41) is 3.86. The van der Waals surface area contributed by atoms with Crippen LogP contribution in [-0.2, 0) is 0 Å². The third-order valence-corrected chi connectivity index (χ3v) is 4.94. The molecule has 5 atom stereocenters. The molecule has 100 valence electrons. The van der Waals surface area contributed by atoms with Crippen molar-refractivity contribution in [3.63, 3.8) is 0 Å². The van der Waals surface area contributed by atoms with Crippen LogP contribution in [-0.4, -0.2) is 18.6 Å².